The Bertz CT molecular complexity index is 681. The smallest absolute Gasteiger partial charge is 0.328 e. The second-order valence-corrected chi connectivity index (χ2v) is 6.02. The molecule has 0 heterocycles. The highest BCUT2D eigenvalue weighted by Crippen LogP contribution is 2.40. The molecule has 0 radical (unpaired) electrons. The molecule has 4 heteroatoms. The number of carboxylic acids is 1. The maximum absolute atomic E-state index is 12.4. The molecule has 0 aromatic heterocycles. The van der Waals surface area contributed by atoms with E-state index in [1.54, 1.807) is 19.1 Å². The van der Waals surface area contributed by atoms with E-state index in [2.05, 4.69) is 0 Å². The monoisotopic (exact) mass is 300 g/mol. The number of rotatable bonds is 3. The Kier molecular flexibility index (Phi) is 4.33. The van der Waals surface area contributed by atoms with Crippen LogP contribution < -0.4 is 0 Å². The van der Waals surface area contributed by atoms with Gasteiger partial charge in [-0.05, 0) is 42.9 Å². The standard InChI is InChI=1S/C18H20O4/c1-11-8-9-14-16(12(2)10-18(3,22)17(14)21)13(11)6-4-5-7-15(19)20/h4-9,12,22H,10H2,1-3H3,(H,19,20)/b6-4+,7-5+/t12-,18-/m1/s1. The lowest BCUT2D eigenvalue weighted by Crippen LogP contribution is -2.41. The number of aryl methyl sites for hydroxylation is 1. The van der Waals surface area contributed by atoms with Crippen LogP contribution in [0.3, 0.4) is 0 Å². The first-order valence-corrected chi connectivity index (χ1v) is 7.22. The van der Waals surface area contributed by atoms with Crippen LogP contribution in [-0.2, 0) is 4.79 Å². The van der Waals surface area contributed by atoms with E-state index in [1.807, 2.05) is 26.0 Å². The fourth-order valence-electron chi connectivity index (χ4n) is 3.07. The van der Waals surface area contributed by atoms with Gasteiger partial charge in [0.25, 0.3) is 0 Å². The van der Waals surface area contributed by atoms with E-state index in [4.69, 9.17) is 5.11 Å². The molecule has 1 aliphatic rings. The number of carbonyl (C=O) groups is 2. The third-order valence-corrected chi connectivity index (χ3v) is 4.05. The summed E-state index contributed by atoms with van der Waals surface area (Å²) in [6.45, 7) is 5.49. The predicted molar refractivity (Wildman–Crippen MR) is 85.0 cm³/mol. The quantitative estimate of drug-likeness (QED) is 0.664. The molecular formula is C18H20O4. The minimum absolute atomic E-state index is 0.0469. The Labute approximate surface area is 129 Å². The summed E-state index contributed by atoms with van der Waals surface area (Å²) in [5, 5.41) is 18.9. The number of hydrogen-bond donors (Lipinski definition) is 2. The highest BCUT2D eigenvalue weighted by Gasteiger charge is 2.40. The lowest BCUT2D eigenvalue weighted by molar-refractivity contribution is -0.131. The molecule has 116 valence electrons. The van der Waals surface area contributed by atoms with Gasteiger partial charge in [-0.15, -0.1) is 0 Å². The largest absolute Gasteiger partial charge is 0.478 e. The molecule has 2 N–H and O–H groups in total. The van der Waals surface area contributed by atoms with Crippen LogP contribution >= 0.6 is 0 Å². The maximum Gasteiger partial charge on any atom is 0.328 e. The normalized spacial score (nSPS) is 24.9. The highest BCUT2D eigenvalue weighted by molar-refractivity contribution is 6.05. The molecule has 0 aliphatic heterocycles. The van der Waals surface area contributed by atoms with Crippen LogP contribution in [0, 0.1) is 6.92 Å². The van der Waals surface area contributed by atoms with Crippen molar-refractivity contribution in [1.29, 1.82) is 0 Å². The van der Waals surface area contributed by atoms with E-state index in [1.165, 1.54) is 6.08 Å². The summed E-state index contributed by atoms with van der Waals surface area (Å²) in [7, 11) is 0. The number of aliphatic hydroxyl groups is 1. The first kappa shape index (κ1) is 16.2. The second-order valence-electron chi connectivity index (χ2n) is 6.02. The molecule has 0 bridgehead atoms. The van der Waals surface area contributed by atoms with Crippen LogP contribution in [0.4, 0.5) is 0 Å². The van der Waals surface area contributed by atoms with Gasteiger partial charge in [0.05, 0.1) is 0 Å². The van der Waals surface area contributed by atoms with Crippen molar-refractivity contribution in [2.45, 2.75) is 38.7 Å². The van der Waals surface area contributed by atoms with Gasteiger partial charge in [-0.3, -0.25) is 4.79 Å². The fourth-order valence-corrected chi connectivity index (χ4v) is 3.07. The molecule has 0 amide bonds. The number of Topliss-reactive ketones (excluding diaryl/α,β-unsaturated/α-hetero) is 1. The summed E-state index contributed by atoms with van der Waals surface area (Å²) >= 11 is 0. The summed E-state index contributed by atoms with van der Waals surface area (Å²) in [6, 6.07) is 3.62. The SMILES string of the molecule is Cc1ccc2c(c1/C=C/C=C/C(=O)O)[C@H](C)C[C@@](C)(O)C2=O. The van der Waals surface area contributed by atoms with Crippen molar-refractivity contribution >= 4 is 17.8 Å². The number of ketones is 1. The van der Waals surface area contributed by atoms with Crippen molar-refractivity contribution < 1.29 is 19.8 Å². The van der Waals surface area contributed by atoms with E-state index in [0.29, 0.717) is 12.0 Å². The number of allylic oxidation sites excluding steroid dienone is 2. The Morgan fingerprint density at radius 1 is 1.36 bits per heavy atom. The van der Waals surface area contributed by atoms with Crippen molar-refractivity contribution in [3.63, 3.8) is 0 Å². The molecule has 0 fully saturated rings. The minimum Gasteiger partial charge on any atom is -0.478 e. The van der Waals surface area contributed by atoms with Gasteiger partial charge in [0.1, 0.15) is 5.60 Å². The van der Waals surface area contributed by atoms with Gasteiger partial charge in [0, 0.05) is 11.6 Å². The van der Waals surface area contributed by atoms with Crippen LogP contribution in [0.2, 0.25) is 0 Å². The molecule has 1 aliphatic carbocycles. The van der Waals surface area contributed by atoms with Crippen molar-refractivity contribution in [1.82, 2.24) is 0 Å². The average molecular weight is 300 g/mol. The van der Waals surface area contributed by atoms with E-state index in [0.717, 1.165) is 22.8 Å². The number of aliphatic carboxylic acids is 1. The molecule has 2 rings (SSSR count). The first-order valence-electron chi connectivity index (χ1n) is 7.22. The summed E-state index contributed by atoms with van der Waals surface area (Å²) in [4.78, 5) is 22.9. The van der Waals surface area contributed by atoms with Crippen molar-refractivity contribution in [3.8, 4) is 0 Å². The van der Waals surface area contributed by atoms with Gasteiger partial charge < -0.3 is 10.2 Å². The van der Waals surface area contributed by atoms with Crippen LogP contribution in [0.5, 0.6) is 0 Å². The summed E-state index contributed by atoms with van der Waals surface area (Å²) in [5.74, 6) is -1.21. The van der Waals surface area contributed by atoms with Crippen molar-refractivity contribution in [3.05, 3.63) is 52.6 Å². The van der Waals surface area contributed by atoms with Gasteiger partial charge in [0.15, 0.2) is 5.78 Å². The second kappa shape index (κ2) is 5.89. The Morgan fingerprint density at radius 3 is 2.68 bits per heavy atom. The lowest BCUT2D eigenvalue weighted by atomic mass is 9.72. The Balaban J connectivity index is 2.51. The molecular weight excluding hydrogens is 280 g/mol. The number of carboxylic acid groups (broad SMARTS) is 1. The maximum atomic E-state index is 12.4. The average Bonchev–Trinajstić information content (AvgIpc) is 2.41. The number of fused-ring (bicyclic) bond motifs is 1. The molecule has 0 spiro atoms. The van der Waals surface area contributed by atoms with E-state index in [-0.39, 0.29) is 11.7 Å². The van der Waals surface area contributed by atoms with Gasteiger partial charge in [-0.25, -0.2) is 4.79 Å². The van der Waals surface area contributed by atoms with Crippen molar-refractivity contribution in [2.24, 2.45) is 0 Å². The molecule has 0 unspecified atom stereocenters. The van der Waals surface area contributed by atoms with Crippen LogP contribution in [0.15, 0.2) is 30.4 Å². The molecule has 0 saturated carbocycles. The zero-order chi connectivity index (χ0) is 16.5. The fraction of sp³-hybridized carbons (Fsp3) is 0.333. The molecule has 1 aromatic carbocycles. The van der Waals surface area contributed by atoms with Crippen LogP contribution in [-0.4, -0.2) is 27.6 Å². The number of benzene rings is 1. The topological polar surface area (TPSA) is 74.6 Å². The van der Waals surface area contributed by atoms with Gasteiger partial charge in [0.2, 0.25) is 0 Å². The van der Waals surface area contributed by atoms with Crippen LogP contribution in [0.1, 0.15) is 53.2 Å². The zero-order valence-electron chi connectivity index (χ0n) is 13.0. The Morgan fingerprint density at radius 2 is 2.05 bits per heavy atom. The van der Waals surface area contributed by atoms with E-state index in [9.17, 15) is 14.7 Å². The minimum atomic E-state index is -1.33. The number of carbonyl (C=O) groups excluding carboxylic acids is 1. The van der Waals surface area contributed by atoms with Gasteiger partial charge in [-0.2, -0.15) is 0 Å². The van der Waals surface area contributed by atoms with Gasteiger partial charge >= 0.3 is 5.97 Å². The Hall–Kier alpha value is -2.20. The van der Waals surface area contributed by atoms with E-state index < -0.39 is 11.6 Å². The summed E-state index contributed by atoms with van der Waals surface area (Å²) in [5.41, 5.74) is 2.09. The first-order chi connectivity index (χ1) is 10.2. The predicted octanol–water partition coefficient (Wildman–Crippen LogP) is 3.09. The molecule has 22 heavy (non-hydrogen) atoms. The third kappa shape index (κ3) is 3.02. The molecule has 4 nitrogen and oxygen atoms in total. The van der Waals surface area contributed by atoms with Gasteiger partial charge in [-0.1, -0.05) is 37.3 Å². The zero-order valence-corrected chi connectivity index (χ0v) is 13.0. The molecule has 0 saturated heterocycles. The highest BCUT2D eigenvalue weighted by atomic mass is 16.4. The number of hydrogen-bond acceptors (Lipinski definition) is 3. The molecule has 2 atom stereocenters. The van der Waals surface area contributed by atoms with Crippen LogP contribution in [0.25, 0.3) is 6.08 Å². The molecule has 1 aromatic rings. The third-order valence-electron chi connectivity index (χ3n) is 4.05. The van der Waals surface area contributed by atoms with Crippen molar-refractivity contribution in [2.75, 3.05) is 0 Å². The van der Waals surface area contributed by atoms with E-state index >= 15 is 0 Å². The lowest BCUT2D eigenvalue weighted by Gasteiger charge is -2.34. The summed E-state index contributed by atoms with van der Waals surface area (Å²) < 4.78 is 0. The summed E-state index contributed by atoms with van der Waals surface area (Å²) in [6.07, 6.45) is 6.36.